The molecule has 0 amide bonds. The molecule has 17 heavy (non-hydrogen) atoms. The molecule has 5 nitrogen and oxygen atoms in total. The lowest BCUT2D eigenvalue weighted by Crippen LogP contribution is -1.99. The third-order valence-electron chi connectivity index (χ3n) is 2.08. The summed E-state index contributed by atoms with van der Waals surface area (Å²) in [4.78, 5) is 14.7. The summed E-state index contributed by atoms with van der Waals surface area (Å²) in [6.45, 7) is 0.400. The van der Waals surface area contributed by atoms with E-state index in [1.54, 1.807) is 18.3 Å². The largest absolute Gasteiger partial charge is 0.475 e. The average Bonchev–Trinajstić information content (AvgIpc) is 2.77. The first kappa shape index (κ1) is 11.7. The van der Waals surface area contributed by atoms with Crippen LogP contribution in [0.2, 0.25) is 0 Å². The van der Waals surface area contributed by atoms with Gasteiger partial charge in [-0.25, -0.2) is 9.78 Å². The van der Waals surface area contributed by atoms with E-state index >= 15 is 0 Å². The van der Waals surface area contributed by atoms with Crippen LogP contribution in [0.15, 0.2) is 39.5 Å². The maximum atomic E-state index is 10.6. The molecule has 0 fully saturated rings. The van der Waals surface area contributed by atoms with Gasteiger partial charge < -0.3 is 14.8 Å². The molecule has 0 saturated carbocycles. The second kappa shape index (κ2) is 5.01. The fourth-order valence-electron chi connectivity index (χ4n) is 1.29. The number of hydrogen-bond acceptors (Lipinski definition) is 4. The van der Waals surface area contributed by atoms with Gasteiger partial charge in [0.15, 0.2) is 0 Å². The Hall–Kier alpha value is -1.82. The number of anilines is 1. The van der Waals surface area contributed by atoms with Crippen molar-refractivity contribution in [3.8, 4) is 0 Å². The van der Waals surface area contributed by atoms with Gasteiger partial charge in [0.1, 0.15) is 10.4 Å². The highest BCUT2D eigenvalue weighted by Gasteiger charge is 2.08. The van der Waals surface area contributed by atoms with Gasteiger partial charge in [-0.15, -0.1) is 0 Å². The minimum atomic E-state index is -1.07. The predicted octanol–water partition coefficient (Wildman–Crippen LogP) is 2.75. The number of carboxylic acid groups (broad SMARTS) is 1. The Kier molecular flexibility index (Phi) is 3.43. The van der Waals surface area contributed by atoms with Crippen LogP contribution in [-0.4, -0.2) is 16.1 Å². The molecule has 0 saturated heterocycles. The fourth-order valence-corrected chi connectivity index (χ4v) is 1.68. The van der Waals surface area contributed by atoms with Crippen LogP contribution in [-0.2, 0) is 6.54 Å². The first-order chi connectivity index (χ1) is 8.16. The highest BCUT2D eigenvalue weighted by atomic mass is 79.9. The van der Waals surface area contributed by atoms with E-state index in [0.717, 1.165) is 5.69 Å². The van der Waals surface area contributed by atoms with E-state index in [0.29, 0.717) is 16.9 Å². The molecule has 0 aliphatic rings. The van der Waals surface area contributed by atoms with Gasteiger partial charge in [0, 0.05) is 6.20 Å². The number of nitrogens with zero attached hydrogens (tertiary/aromatic N) is 1. The highest BCUT2D eigenvalue weighted by molar-refractivity contribution is 9.10. The lowest BCUT2D eigenvalue weighted by molar-refractivity contribution is 0.0660. The van der Waals surface area contributed by atoms with Crippen molar-refractivity contribution in [3.05, 3.63) is 46.6 Å². The summed E-state index contributed by atoms with van der Waals surface area (Å²) >= 11 is 3.30. The highest BCUT2D eigenvalue weighted by Crippen LogP contribution is 2.19. The number of carbonyl (C=O) groups is 1. The minimum absolute atomic E-state index is 0.0629. The van der Waals surface area contributed by atoms with Gasteiger partial charge in [-0.2, -0.15) is 0 Å². The van der Waals surface area contributed by atoms with Gasteiger partial charge in [-0.3, -0.25) is 0 Å². The van der Waals surface area contributed by atoms with Gasteiger partial charge in [0.25, 0.3) is 0 Å². The summed E-state index contributed by atoms with van der Waals surface area (Å²) < 4.78 is 5.81. The van der Waals surface area contributed by atoms with Gasteiger partial charge in [-0.1, -0.05) is 0 Å². The number of halogens is 1. The van der Waals surface area contributed by atoms with E-state index in [-0.39, 0.29) is 5.76 Å². The number of nitrogens with one attached hydrogen (secondary N) is 1. The SMILES string of the molecule is O=C(O)c1ccc(CNc2cccnc2Br)o1. The molecule has 2 N–H and O–H groups in total. The zero-order valence-electron chi connectivity index (χ0n) is 8.68. The van der Waals surface area contributed by atoms with Crippen LogP contribution in [0.5, 0.6) is 0 Å². The molecule has 0 radical (unpaired) electrons. The molecule has 2 rings (SSSR count). The molecule has 2 heterocycles. The minimum Gasteiger partial charge on any atom is -0.475 e. The van der Waals surface area contributed by atoms with E-state index in [4.69, 9.17) is 9.52 Å². The Balaban J connectivity index is 2.02. The van der Waals surface area contributed by atoms with Crippen molar-refractivity contribution in [2.24, 2.45) is 0 Å². The summed E-state index contributed by atoms with van der Waals surface area (Å²) in [6, 6.07) is 6.72. The van der Waals surface area contributed by atoms with Gasteiger partial charge >= 0.3 is 5.97 Å². The van der Waals surface area contributed by atoms with E-state index in [1.807, 2.05) is 6.07 Å². The predicted molar refractivity (Wildman–Crippen MR) is 64.9 cm³/mol. The van der Waals surface area contributed by atoms with E-state index in [1.165, 1.54) is 6.07 Å². The molecule has 0 spiro atoms. The van der Waals surface area contributed by atoms with Gasteiger partial charge in [-0.05, 0) is 40.2 Å². The Bertz CT molecular complexity index is 539. The molecule has 88 valence electrons. The van der Waals surface area contributed by atoms with Crippen molar-refractivity contribution in [3.63, 3.8) is 0 Å². The second-order valence-corrected chi connectivity index (χ2v) is 4.02. The zero-order valence-corrected chi connectivity index (χ0v) is 10.3. The summed E-state index contributed by atoms with van der Waals surface area (Å²) in [7, 11) is 0. The van der Waals surface area contributed by atoms with Crippen molar-refractivity contribution >= 4 is 27.6 Å². The van der Waals surface area contributed by atoms with E-state index < -0.39 is 5.97 Å². The molecule has 0 aliphatic carbocycles. The van der Waals surface area contributed by atoms with E-state index in [9.17, 15) is 4.79 Å². The Labute approximate surface area is 106 Å². The smallest absolute Gasteiger partial charge is 0.371 e. The molecule has 0 aromatic carbocycles. The Morgan fingerprint density at radius 1 is 1.47 bits per heavy atom. The maximum Gasteiger partial charge on any atom is 0.371 e. The normalized spacial score (nSPS) is 10.2. The first-order valence-electron chi connectivity index (χ1n) is 4.83. The second-order valence-electron chi connectivity index (χ2n) is 3.27. The number of furan rings is 1. The topological polar surface area (TPSA) is 75.4 Å². The third kappa shape index (κ3) is 2.85. The summed E-state index contributed by atoms with van der Waals surface area (Å²) in [5.74, 6) is -0.580. The first-order valence-corrected chi connectivity index (χ1v) is 5.62. The van der Waals surface area contributed by atoms with Crippen LogP contribution in [0, 0.1) is 0 Å². The third-order valence-corrected chi connectivity index (χ3v) is 2.72. The summed E-state index contributed by atoms with van der Waals surface area (Å²) in [5, 5.41) is 11.8. The van der Waals surface area contributed by atoms with Crippen molar-refractivity contribution in [2.45, 2.75) is 6.54 Å². The van der Waals surface area contributed by atoms with Crippen LogP contribution in [0.3, 0.4) is 0 Å². The van der Waals surface area contributed by atoms with Crippen LogP contribution in [0.4, 0.5) is 5.69 Å². The Morgan fingerprint density at radius 3 is 2.94 bits per heavy atom. The molecule has 2 aromatic heterocycles. The lowest BCUT2D eigenvalue weighted by Gasteiger charge is -2.05. The van der Waals surface area contributed by atoms with Gasteiger partial charge in [0.05, 0.1) is 12.2 Å². The molecule has 2 aromatic rings. The number of hydrogen-bond donors (Lipinski definition) is 2. The maximum absolute atomic E-state index is 10.6. The van der Waals surface area contributed by atoms with Crippen molar-refractivity contribution in [1.29, 1.82) is 0 Å². The lowest BCUT2D eigenvalue weighted by atomic mass is 10.4. The summed E-state index contributed by atoms with van der Waals surface area (Å²) in [5.41, 5.74) is 0.820. The number of aromatic nitrogens is 1. The van der Waals surface area contributed by atoms with Crippen LogP contribution < -0.4 is 5.32 Å². The standard InChI is InChI=1S/C11H9BrN2O3/c12-10-8(2-1-5-13-10)14-6-7-3-4-9(17-7)11(15)16/h1-5,14H,6H2,(H,15,16). The van der Waals surface area contributed by atoms with Crippen LogP contribution in [0.25, 0.3) is 0 Å². The van der Waals surface area contributed by atoms with Crippen molar-refractivity contribution in [2.75, 3.05) is 5.32 Å². The Morgan fingerprint density at radius 2 is 2.29 bits per heavy atom. The summed E-state index contributed by atoms with van der Waals surface area (Å²) in [6.07, 6.45) is 1.67. The quantitative estimate of drug-likeness (QED) is 0.849. The monoisotopic (exact) mass is 296 g/mol. The number of rotatable bonds is 4. The molecule has 0 unspecified atom stereocenters. The average molecular weight is 297 g/mol. The molecular weight excluding hydrogens is 288 g/mol. The fraction of sp³-hybridized carbons (Fsp3) is 0.0909. The van der Waals surface area contributed by atoms with Gasteiger partial charge in [0.2, 0.25) is 5.76 Å². The number of carboxylic acids is 1. The number of aromatic carboxylic acids is 1. The van der Waals surface area contributed by atoms with E-state index in [2.05, 4.69) is 26.2 Å². The van der Waals surface area contributed by atoms with Crippen LogP contribution >= 0.6 is 15.9 Å². The molecule has 0 aliphatic heterocycles. The van der Waals surface area contributed by atoms with Crippen LogP contribution in [0.1, 0.15) is 16.3 Å². The molecule has 6 heteroatoms. The molecule has 0 bridgehead atoms. The zero-order chi connectivity index (χ0) is 12.3. The molecule has 0 atom stereocenters. The van der Waals surface area contributed by atoms with Crippen molar-refractivity contribution < 1.29 is 14.3 Å². The number of pyridine rings is 1. The van der Waals surface area contributed by atoms with Crippen molar-refractivity contribution in [1.82, 2.24) is 4.98 Å². The molecular formula is C11H9BrN2O3.